The van der Waals surface area contributed by atoms with Gasteiger partial charge >= 0.3 is 0 Å². The Morgan fingerprint density at radius 1 is 1.75 bits per heavy atom. The standard InChI is InChI=1S/C10H17N5O/c1-2-7-5-15(4-3-8(7)11)10(16)9-12-6-13-14-9/h6-8H,2-5,11H2,1H3,(H,12,13,14). The molecule has 1 aromatic heterocycles. The van der Waals surface area contributed by atoms with Gasteiger partial charge in [0.2, 0.25) is 5.82 Å². The highest BCUT2D eigenvalue weighted by atomic mass is 16.2. The van der Waals surface area contributed by atoms with Crippen LogP contribution < -0.4 is 5.73 Å². The first-order valence-corrected chi connectivity index (χ1v) is 5.62. The van der Waals surface area contributed by atoms with E-state index in [0.29, 0.717) is 18.3 Å². The molecule has 1 fully saturated rings. The topological polar surface area (TPSA) is 87.9 Å². The third-order valence-electron chi connectivity index (χ3n) is 3.22. The molecule has 3 N–H and O–H groups in total. The zero-order valence-electron chi connectivity index (χ0n) is 9.39. The average Bonchev–Trinajstić information content (AvgIpc) is 2.82. The van der Waals surface area contributed by atoms with E-state index in [0.717, 1.165) is 19.4 Å². The molecule has 6 nitrogen and oxygen atoms in total. The Morgan fingerprint density at radius 3 is 3.19 bits per heavy atom. The van der Waals surface area contributed by atoms with Gasteiger partial charge in [-0.05, 0) is 12.3 Å². The van der Waals surface area contributed by atoms with E-state index < -0.39 is 0 Å². The van der Waals surface area contributed by atoms with Gasteiger partial charge in [-0.3, -0.25) is 9.89 Å². The number of carbonyl (C=O) groups excluding carboxylic acids is 1. The second-order valence-electron chi connectivity index (χ2n) is 4.21. The zero-order valence-corrected chi connectivity index (χ0v) is 9.39. The summed E-state index contributed by atoms with van der Waals surface area (Å²) in [6.07, 6.45) is 3.21. The Labute approximate surface area is 94.2 Å². The smallest absolute Gasteiger partial charge is 0.291 e. The van der Waals surface area contributed by atoms with Crippen LogP contribution in [-0.4, -0.2) is 45.1 Å². The summed E-state index contributed by atoms with van der Waals surface area (Å²) in [5.41, 5.74) is 6.00. The molecule has 0 radical (unpaired) electrons. The Kier molecular flexibility index (Phi) is 3.19. The van der Waals surface area contributed by atoms with Crippen LogP contribution in [0.2, 0.25) is 0 Å². The minimum Gasteiger partial charge on any atom is -0.336 e. The van der Waals surface area contributed by atoms with Crippen molar-refractivity contribution in [3.05, 3.63) is 12.2 Å². The Balaban J connectivity index is 2.03. The Hall–Kier alpha value is -1.43. The number of carbonyl (C=O) groups is 1. The van der Waals surface area contributed by atoms with Crippen LogP contribution in [0, 0.1) is 5.92 Å². The lowest BCUT2D eigenvalue weighted by atomic mass is 9.90. The average molecular weight is 223 g/mol. The molecule has 0 aliphatic carbocycles. The van der Waals surface area contributed by atoms with E-state index >= 15 is 0 Å². The molecule has 2 heterocycles. The van der Waals surface area contributed by atoms with Crippen LogP contribution in [0.1, 0.15) is 30.4 Å². The summed E-state index contributed by atoms with van der Waals surface area (Å²) in [4.78, 5) is 17.7. The van der Waals surface area contributed by atoms with Crippen molar-refractivity contribution in [2.45, 2.75) is 25.8 Å². The van der Waals surface area contributed by atoms with Gasteiger partial charge < -0.3 is 10.6 Å². The van der Waals surface area contributed by atoms with Gasteiger partial charge in [-0.15, -0.1) is 0 Å². The fourth-order valence-corrected chi connectivity index (χ4v) is 2.12. The molecule has 0 spiro atoms. The Bertz CT molecular complexity index is 350. The molecule has 1 amide bonds. The molecule has 6 heteroatoms. The van der Waals surface area contributed by atoms with Crippen LogP contribution in [0.5, 0.6) is 0 Å². The summed E-state index contributed by atoms with van der Waals surface area (Å²) in [6, 6.07) is 0.212. The molecule has 0 bridgehead atoms. The van der Waals surface area contributed by atoms with Gasteiger partial charge in [0, 0.05) is 19.1 Å². The number of aromatic amines is 1. The normalized spacial score (nSPS) is 25.8. The van der Waals surface area contributed by atoms with Crippen molar-refractivity contribution >= 4 is 5.91 Å². The highest BCUT2D eigenvalue weighted by molar-refractivity contribution is 5.90. The number of nitrogens with zero attached hydrogens (tertiary/aromatic N) is 3. The fraction of sp³-hybridized carbons (Fsp3) is 0.700. The van der Waals surface area contributed by atoms with Gasteiger partial charge in [-0.25, -0.2) is 4.98 Å². The van der Waals surface area contributed by atoms with Gasteiger partial charge in [0.15, 0.2) is 0 Å². The first-order valence-electron chi connectivity index (χ1n) is 5.62. The van der Waals surface area contributed by atoms with Crippen molar-refractivity contribution in [2.75, 3.05) is 13.1 Å². The molecule has 0 saturated carbocycles. The van der Waals surface area contributed by atoms with Crippen molar-refractivity contribution in [2.24, 2.45) is 11.7 Å². The SMILES string of the molecule is CCC1CN(C(=O)c2ncn[nH]2)CCC1N. The number of aromatic nitrogens is 3. The molecule has 16 heavy (non-hydrogen) atoms. The third-order valence-corrected chi connectivity index (χ3v) is 3.22. The van der Waals surface area contributed by atoms with Crippen LogP contribution in [0.3, 0.4) is 0 Å². The monoisotopic (exact) mass is 223 g/mol. The number of piperidine rings is 1. The predicted octanol–water partition coefficient (Wildman–Crippen LogP) is 0.00410. The van der Waals surface area contributed by atoms with Crippen LogP contribution in [0.15, 0.2) is 6.33 Å². The van der Waals surface area contributed by atoms with Crippen molar-refractivity contribution in [1.82, 2.24) is 20.1 Å². The summed E-state index contributed by atoms with van der Waals surface area (Å²) in [6.45, 7) is 3.53. The van der Waals surface area contributed by atoms with Gasteiger partial charge in [-0.2, -0.15) is 5.10 Å². The summed E-state index contributed by atoms with van der Waals surface area (Å²) in [5.74, 6) is 0.619. The van der Waals surface area contributed by atoms with E-state index in [1.165, 1.54) is 6.33 Å². The molecule has 88 valence electrons. The number of hydrogen-bond donors (Lipinski definition) is 2. The molecule has 2 rings (SSSR count). The van der Waals surface area contributed by atoms with Crippen LogP contribution in [0.25, 0.3) is 0 Å². The van der Waals surface area contributed by atoms with Crippen molar-refractivity contribution < 1.29 is 4.79 Å². The first kappa shape index (κ1) is 11.1. The molecule has 1 aliphatic rings. The highest BCUT2D eigenvalue weighted by Crippen LogP contribution is 2.19. The quantitative estimate of drug-likeness (QED) is 0.739. The number of hydrogen-bond acceptors (Lipinski definition) is 4. The summed E-state index contributed by atoms with van der Waals surface area (Å²) >= 11 is 0. The number of amides is 1. The van der Waals surface area contributed by atoms with Crippen LogP contribution in [0.4, 0.5) is 0 Å². The van der Waals surface area contributed by atoms with E-state index in [1.807, 2.05) is 0 Å². The lowest BCUT2D eigenvalue weighted by Gasteiger charge is -2.36. The molecular formula is C10H17N5O. The van der Waals surface area contributed by atoms with Gasteiger partial charge in [0.1, 0.15) is 6.33 Å². The molecule has 0 aromatic carbocycles. The van der Waals surface area contributed by atoms with Crippen molar-refractivity contribution in [1.29, 1.82) is 0 Å². The second kappa shape index (κ2) is 4.61. The van der Waals surface area contributed by atoms with Gasteiger partial charge in [0.05, 0.1) is 0 Å². The minimum absolute atomic E-state index is 0.0807. The molecule has 1 aliphatic heterocycles. The molecule has 2 unspecified atom stereocenters. The predicted molar refractivity (Wildman–Crippen MR) is 58.7 cm³/mol. The lowest BCUT2D eigenvalue weighted by molar-refractivity contribution is 0.0637. The van der Waals surface area contributed by atoms with Crippen LogP contribution in [-0.2, 0) is 0 Å². The molecule has 1 saturated heterocycles. The number of likely N-dealkylation sites (tertiary alicyclic amines) is 1. The van der Waals surface area contributed by atoms with Gasteiger partial charge in [-0.1, -0.05) is 13.3 Å². The maximum atomic E-state index is 12.0. The minimum atomic E-state index is -0.0807. The van der Waals surface area contributed by atoms with Crippen molar-refractivity contribution in [3.63, 3.8) is 0 Å². The van der Waals surface area contributed by atoms with Crippen molar-refractivity contribution in [3.8, 4) is 0 Å². The second-order valence-corrected chi connectivity index (χ2v) is 4.21. The summed E-state index contributed by atoms with van der Waals surface area (Å²) in [7, 11) is 0. The lowest BCUT2D eigenvalue weighted by Crippen LogP contribution is -2.49. The van der Waals surface area contributed by atoms with E-state index in [9.17, 15) is 4.79 Å². The largest absolute Gasteiger partial charge is 0.336 e. The maximum absolute atomic E-state index is 12.0. The van der Waals surface area contributed by atoms with E-state index in [4.69, 9.17) is 5.73 Å². The summed E-state index contributed by atoms with van der Waals surface area (Å²) < 4.78 is 0. The van der Waals surface area contributed by atoms with Gasteiger partial charge in [0.25, 0.3) is 5.91 Å². The third kappa shape index (κ3) is 2.06. The Morgan fingerprint density at radius 2 is 2.56 bits per heavy atom. The zero-order chi connectivity index (χ0) is 11.5. The summed E-state index contributed by atoms with van der Waals surface area (Å²) in [5, 5.41) is 6.28. The van der Waals surface area contributed by atoms with E-state index in [2.05, 4.69) is 22.1 Å². The van der Waals surface area contributed by atoms with E-state index in [1.54, 1.807) is 4.90 Å². The number of nitrogens with one attached hydrogen (secondary N) is 1. The fourth-order valence-electron chi connectivity index (χ4n) is 2.12. The first-order chi connectivity index (χ1) is 7.72. The molecule has 2 atom stereocenters. The highest BCUT2D eigenvalue weighted by Gasteiger charge is 2.29. The number of nitrogens with two attached hydrogens (primary N) is 1. The molecular weight excluding hydrogens is 206 g/mol. The maximum Gasteiger partial charge on any atom is 0.291 e. The van der Waals surface area contributed by atoms with E-state index in [-0.39, 0.29) is 11.9 Å². The number of rotatable bonds is 2. The number of H-pyrrole nitrogens is 1. The molecule has 1 aromatic rings. The van der Waals surface area contributed by atoms with Crippen LogP contribution >= 0.6 is 0 Å².